The van der Waals surface area contributed by atoms with Crippen LogP contribution in [0.2, 0.25) is 0 Å². The van der Waals surface area contributed by atoms with E-state index < -0.39 is 0 Å². The maximum absolute atomic E-state index is 5.98. The van der Waals surface area contributed by atoms with Crippen LogP contribution in [0.3, 0.4) is 0 Å². The molecular formula is C9H19Cl. The van der Waals surface area contributed by atoms with Gasteiger partial charge in [-0.25, -0.2) is 0 Å². The molecular weight excluding hydrogens is 144 g/mol. The monoisotopic (exact) mass is 162 g/mol. The van der Waals surface area contributed by atoms with Gasteiger partial charge in [-0.3, -0.25) is 0 Å². The standard InChI is InChI=1S/C9H19Cl/c1-4-6-7-9(5-2)8(3)10/h8-9H,4-7H2,1-3H3. The molecule has 0 heterocycles. The molecule has 2 atom stereocenters. The van der Waals surface area contributed by atoms with E-state index >= 15 is 0 Å². The molecule has 2 unspecified atom stereocenters. The fourth-order valence-corrected chi connectivity index (χ4v) is 1.53. The molecule has 0 radical (unpaired) electrons. The lowest BCUT2D eigenvalue weighted by molar-refractivity contribution is 0.444. The first-order valence-electron chi connectivity index (χ1n) is 4.36. The molecule has 0 nitrogen and oxygen atoms in total. The van der Waals surface area contributed by atoms with Crippen LogP contribution in [0.25, 0.3) is 0 Å². The average molecular weight is 163 g/mol. The van der Waals surface area contributed by atoms with Gasteiger partial charge in [-0.1, -0.05) is 33.1 Å². The minimum atomic E-state index is 0.358. The maximum atomic E-state index is 5.98. The zero-order valence-electron chi connectivity index (χ0n) is 7.36. The number of rotatable bonds is 5. The van der Waals surface area contributed by atoms with Crippen LogP contribution >= 0.6 is 11.6 Å². The quantitative estimate of drug-likeness (QED) is 0.539. The number of alkyl halides is 1. The molecule has 0 aliphatic carbocycles. The Bertz CT molecular complexity index is 69.1. The summed E-state index contributed by atoms with van der Waals surface area (Å²) in [6.07, 6.45) is 5.15. The normalized spacial score (nSPS) is 16.8. The van der Waals surface area contributed by atoms with Crippen molar-refractivity contribution >= 4 is 11.6 Å². The lowest BCUT2D eigenvalue weighted by Crippen LogP contribution is -2.09. The molecule has 0 aromatic heterocycles. The second-order valence-electron chi connectivity index (χ2n) is 2.99. The number of hydrogen-bond donors (Lipinski definition) is 0. The molecule has 10 heavy (non-hydrogen) atoms. The summed E-state index contributed by atoms with van der Waals surface area (Å²) < 4.78 is 0. The Morgan fingerprint density at radius 3 is 2.20 bits per heavy atom. The second kappa shape index (κ2) is 6.03. The molecule has 0 amide bonds. The largest absolute Gasteiger partial charge is 0.123 e. The smallest absolute Gasteiger partial charge is 0.0335 e. The molecule has 0 fully saturated rings. The molecule has 0 N–H and O–H groups in total. The van der Waals surface area contributed by atoms with Gasteiger partial charge in [0.25, 0.3) is 0 Å². The Hall–Kier alpha value is 0.290. The van der Waals surface area contributed by atoms with Gasteiger partial charge in [-0.15, -0.1) is 11.6 Å². The lowest BCUT2D eigenvalue weighted by Gasteiger charge is -2.15. The van der Waals surface area contributed by atoms with Crippen molar-refractivity contribution < 1.29 is 0 Å². The molecule has 0 spiro atoms. The van der Waals surface area contributed by atoms with Crippen LogP contribution < -0.4 is 0 Å². The third kappa shape index (κ3) is 4.16. The molecule has 1 heteroatoms. The van der Waals surface area contributed by atoms with Crippen molar-refractivity contribution in [3.05, 3.63) is 0 Å². The van der Waals surface area contributed by atoms with Crippen LogP contribution in [-0.2, 0) is 0 Å². The summed E-state index contributed by atoms with van der Waals surface area (Å²) >= 11 is 5.98. The minimum absolute atomic E-state index is 0.358. The number of unbranched alkanes of at least 4 members (excludes halogenated alkanes) is 1. The first kappa shape index (κ1) is 10.3. The molecule has 62 valence electrons. The van der Waals surface area contributed by atoms with Gasteiger partial charge in [0, 0.05) is 5.38 Å². The van der Waals surface area contributed by atoms with Crippen LogP contribution in [0.1, 0.15) is 46.5 Å². The van der Waals surface area contributed by atoms with Crippen LogP contribution in [0.4, 0.5) is 0 Å². The molecule has 0 aromatic carbocycles. The van der Waals surface area contributed by atoms with Crippen LogP contribution in [-0.4, -0.2) is 5.38 Å². The van der Waals surface area contributed by atoms with Crippen molar-refractivity contribution in [2.24, 2.45) is 5.92 Å². The van der Waals surface area contributed by atoms with Gasteiger partial charge in [-0.05, 0) is 19.3 Å². The molecule has 0 aliphatic heterocycles. The predicted octanol–water partition coefficient (Wildman–Crippen LogP) is 3.83. The lowest BCUT2D eigenvalue weighted by atomic mass is 9.96. The van der Waals surface area contributed by atoms with Gasteiger partial charge in [0.05, 0.1) is 0 Å². The van der Waals surface area contributed by atoms with Gasteiger partial charge in [0.1, 0.15) is 0 Å². The van der Waals surface area contributed by atoms with Gasteiger partial charge in [0.15, 0.2) is 0 Å². The van der Waals surface area contributed by atoms with Crippen molar-refractivity contribution in [3.8, 4) is 0 Å². The molecule has 0 rings (SSSR count). The van der Waals surface area contributed by atoms with E-state index in [4.69, 9.17) is 11.6 Å². The highest BCUT2D eigenvalue weighted by Gasteiger charge is 2.10. The summed E-state index contributed by atoms with van der Waals surface area (Å²) in [5.41, 5.74) is 0. The summed E-state index contributed by atoms with van der Waals surface area (Å²) in [5, 5.41) is 0.358. The van der Waals surface area contributed by atoms with Crippen molar-refractivity contribution in [1.82, 2.24) is 0 Å². The first-order chi connectivity index (χ1) is 4.72. The Morgan fingerprint density at radius 1 is 1.30 bits per heavy atom. The van der Waals surface area contributed by atoms with Gasteiger partial charge in [-0.2, -0.15) is 0 Å². The zero-order valence-corrected chi connectivity index (χ0v) is 8.12. The van der Waals surface area contributed by atoms with Crippen LogP contribution in [0.15, 0.2) is 0 Å². The molecule has 0 aromatic rings. The summed E-state index contributed by atoms with van der Waals surface area (Å²) in [6, 6.07) is 0. The van der Waals surface area contributed by atoms with E-state index in [-0.39, 0.29) is 0 Å². The Kier molecular flexibility index (Phi) is 6.20. The third-order valence-corrected chi connectivity index (χ3v) is 2.46. The van der Waals surface area contributed by atoms with Gasteiger partial charge >= 0.3 is 0 Å². The number of halogens is 1. The topological polar surface area (TPSA) is 0 Å². The zero-order chi connectivity index (χ0) is 7.98. The minimum Gasteiger partial charge on any atom is -0.123 e. The fourth-order valence-electron chi connectivity index (χ4n) is 1.22. The molecule has 0 saturated carbocycles. The highest BCUT2D eigenvalue weighted by molar-refractivity contribution is 6.20. The Labute approximate surface area is 70.0 Å². The highest BCUT2D eigenvalue weighted by atomic mass is 35.5. The molecule has 0 aliphatic rings. The fraction of sp³-hybridized carbons (Fsp3) is 1.00. The summed E-state index contributed by atoms with van der Waals surface area (Å²) in [7, 11) is 0. The van der Waals surface area contributed by atoms with Crippen molar-refractivity contribution in [2.75, 3.05) is 0 Å². The van der Waals surface area contributed by atoms with Gasteiger partial charge < -0.3 is 0 Å². The first-order valence-corrected chi connectivity index (χ1v) is 4.80. The van der Waals surface area contributed by atoms with E-state index in [2.05, 4.69) is 20.8 Å². The molecule has 0 saturated heterocycles. The van der Waals surface area contributed by atoms with Gasteiger partial charge in [0.2, 0.25) is 0 Å². The van der Waals surface area contributed by atoms with E-state index in [0.717, 1.165) is 5.92 Å². The third-order valence-electron chi connectivity index (χ3n) is 2.10. The predicted molar refractivity (Wildman–Crippen MR) is 48.6 cm³/mol. The van der Waals surface area contributed by atoms with E-state index in [9.17, 15) is 0 Å². The van der Waals surface area contributed by atoms with E-state index in [1.54, 1.807) is 0 Å². The van der Waals surface area contributed by atoms with Crippen molar-refractivity contribution in [2.45, 2.75) is 51.8 Å². The van der Waals surface area contributed by atoms with Crippen molar-refractivity contribution in [3.63, 3.8) is 0 Å². The Morgan fingerprint density at radius 2 is 1.90 bits per heavy atom. The summed E-state index contributed by atoms with van der Waals surface area (Å²) in [5.74, 6) is 0.738. The van der Waals surface area contributed by atoms with Crippen LogP contribution in [0, 0.1) is 5.92 Å². The highest BCUT2D eigenvalue weighted by Crippen LogP contribution is 2.20. The Balaban J connectivity index is 3.40. The SMILES string of the molecule is CCCCC(CC)C(C)Cl. The van der Waals surface area contributed by atoms with Crippen LogP contribution in [0.5, 0.6) is 0 Å². The van der Waals surface area contributed by atoms with Crippen molar-refractivity contribution in [1.29, 1.82) is 0 Å². The second-order valence-corrected chi connectivity index (χ2v) is 3.68. The van der Waals surface area contributed by atoms with E-state index in [1.165, 1.54) is 25.7 Å². The van der Waals surface area contributed by atoms with E-state index in [1.807, 2.05) is 0 Å². The van der Waals surface area contributed by atoms with E-state index in [0.29, 0.717) is 5.38 Å². The molecule has 0 bridgehead atoms. The summed E-state index contributed by atoms with van der Waals surface area (Å²) in [4.78, 5) is 0. The average Bonchev–Trinajstić information content (AvgIpc) is 1.89. The number of hydrogen-bond acceptors (Lipinski definition) is 0. The maximum Gasteiger partial charge on any atom is 0.0335 e. The summed E-state index contributed by atoms with van der Waals surface area (Å²) in [6.45, 7) is 6.55.